The third-order valence-corrected chi connectivity index (χ3v) is 4.60. The van der Waals surface area contributed by atoms with Crippen LogP contribution in [0.3, 0.4) is 0 Å². The number of ether oxygens (including phenoxy) is 1. The number of Topliss-reactive ketones (excluding diaryl/α,β-unsaturated/α-hetero) is 1. The van der Waals surface area contributed by atoms with Crippen molar-refractivity contribution in [2.75, 3.05) is 7.11 Å². The van der Waals surface area contributed by atoms with Crippen molar-refractivity contribution in [2.45, 2.75) is 20.4 Å². The number of benzene rings is 1. The second kappa shape index (κ2) is 5.37. The number of carbonyl (C=O) groups is 1. The molecule has 0 fully saturated rings. The topological polar surface area (TPSA) is 31.2 Å². The fourth-order valence-corrected chi connectivity index (χ4v) is 3.53. The highest BCUT2D eigenvalue weighted by Crippen LogP contribution is 2.24. The van der Waals surface area contributed by atoms with Crippen LogP contribution < -0.4 is 4.74 Å². The van der Waals surface area contributed by atoms with Crippen LogP contribution in [-0.2, 0) is 6.54 Å². The lowest BCUT2D eigenvalue weighted by Gasteiger charge is -2.05. The Labute approximate surface area is 127 Å². The summed E-state index contributed by atoms with van der Waals surface area (Å²) in [7, 11) is 1.66. The molecule has 0 radical (unpaired) electrons. The minimum atomic E-state index is 0.158. The zero-order valence-electron chi connectivity index (χ0n) is 12.3. The SMILES string of the molecule is COc1ccc2c(ccn2CC(=O)c2cc(C)sc2C)c1. The standard InChI is InChI=1S/C17H17NO2S/c1-11-8-15(12(2)21-11)17(19)10-18-7-6-13-9-14(20-3)4-5-16(13)18/h4-9H,10H2,1-3H3. The van der Waals surface area contributed by atoms with E-state index in [9.17, 15) is 4.79 Å². The molecule has 4 heteroatoms. The van der Waals surface area contributed by atoms with Gasteiger partial charge in [-0.25, -0.2) is 0 Å². The fraction of sp³-hybridized carbons (Fsp3) is 0.235. The van der Waals surface area contributed by atoms with E-state index in [0.29, 0.717) is 6.54 Å². The molecule has 0 spiro atoms. The molecule has 0 atom stereocenters. The molecule has 2 aromatic heterocycles. The Kier molecular flexibility index (Phi) is 3.55. The largest absolute Gasteiger partial charge is 0.497 e. The van der Waals surface area contributed by atoms with Crippen LogP contribution in [-0.4, -0.2) is 17.5 Å². The number of hydrogen-bond donors (Lipinski definition) is 0. The van der Waals surface area contributed by atoms with Gasteiger partial charge in [0.15, 0.2) is 5.78 Å². The number of aryl methyl sites for hydroxylation is 2. The summed E-state index contributed by atoms with van der Waals surface area (Å²) in [6.45, 7) is 4.40. The van der Waals surface area contributed by atoms with E-state index in [1.54, 1.807) is 18.4 Å². The van der Waals surface area contributed by atoms with E-state index in [1.807, 2.05) is 54.9 Å². The summed E-state index contributed by atoms with van der Waals surface area (Å²) in [6.07, 6.45) is 1.95. The Morgan fingerprint density at radius 3 is 2.71 bits per heavy atom. The zero-order valence-corrected chi connectivity index (χ0v) is 13.2. The van der Waals surface area contributed by atoms with Crippen LogP contribution in [0.1, 0.15) is 20.1 Å². The predicted molar refractivity (Wildman–Crippen MR) is 86.6 cm³/mol. The van der Waals surface area contributed by atoms with Gasteiger partial charge < -0.3 is 9.30 Å². The molecule has 21 heavy (non-hydrogen) atoms. The van der Waals surface area contributed by atoms with Crippen molar-refractivity contribution in [1.82, 2.24) is 4.57 Å². The van der Waals surface area contributed by atoms with Gasteiger partial charge >= 0.3 is 0 Å². The summed E-state index contributed by atoms with van der Waals surface area (Å²) in [5.41, 5.74) is 1.89. The molecule has 1 aromatic carbocycles. The van der Waals surface area contributed by atoms with Gasteiger partial charge in [0.1, 0.15) is 5.75 Å². The summed E-state index contributed by atoms with van der Waals surface area (Å²) in [5, 5.41) is 1.08. The molecule has 3 aromatic rings. The highest BCUT2D eigenvalue weighted by atomic mass is 32.1. The summed E-state index contributed by atoms with van der Waals surface area (Å²) in [5.74, 6) is 0.987. The Balaban J connectivity index is 1.91. The number of carbonyl (C=O) groups excluding carboxylic acids is 1. The molecule has 3 nitrogen and oxygen atoms in total. The average molecular weight is 299 g/mol. The number of hydrogen-bond acceptors (Lipinski definition) is 3. The normalized spacial score (nSPS) is 11.0. The van der Waals surface area contributed by atoms with Crippen molar-refractivity contribution in [3.63, 3.8) is 0 Å². The lowest BCUT2D eigenvalue weighted by molar-refractivity contribution is 0.0973. The Bertz CT molecular complexity index is 813. The molecular formula is C17H17NO2S. The van der Waals surface area contributed by atoms with Gasteiger partial charge in [-0.3, -0.25) is 4.79 Å². The van der Waals surface area contributed by atoms with E-state index in [4.69, 9.17) is 4.74 Å². The Morgan fingerprint density at radius 1 is 1.24 bits per heavy atom. The number of fused-ring (bicyclic) bond motifs is 1. The molecular weight excluding hydrogens is 282 g/mol. The maximum absolute atomic E-state index is 12.5. The van der Waals surface area contributed by atoms with Gasteiger partial charge in [-0.15, -0.1) is 11.3 Å². The monoisotopic (exact) mass is 299 g/mol. The summed E-state index contributed by atoms with van der Waals surface area (Å²) in [4.78, 5) is 14.7. The van der Waals surface area contributed by atoms with Gasteiger partial charge in [0, 0.05) is 32.4 Å². The van der Waals surface area contributed by atoms with Crippen molar-refractivity contribution in [3.8, 4) is 5.75 Å². The molecule has 0 aliphatic rings. The minimum absolute atomic E-state index is 0.158. The number of methoxy groups -OCH3 is 1. The van der Waals surface area contributed by atoms with Crippen LogP contribution in [0.2, 0.25) is 0 Å². The van der Waals surface area contributed by atoms with E-state index < -0.39 is 0 Å². The van der Waals surface area contributed by atoms with E-state index >= 15 is 0 Å². The van der Waals surface area contributed by atoms with Gasteiger partial charge in [-0.2, -0.15) is 0 Å². The van der Waals surface area contributed by atoms with Gasteiger partial charge in [-0.1, -0.05) is 0 Å². The van der Waals surface area contributed by atoms with Crippen molar-refractivity contribution in [3.05, 3.63) is 51.8 Å². The minimum Gasteiger partial charge on any atom is -0.497 e. The van der Waals surface area contributed by atoms with Crippen LogP contribution in [0.25, 0.3) is 10.9 Å². The molecule has 0 bridgehead atoms. The van der Waals surface area contributed by atoms with Gasteiger partial charge in [0.05, 0.1) is 13.7 Å². The predicted octanol–water partition coefficient (Wildman–Crippen LogP) is 4.21. The molecule has 0 aliphatic carbocycles. The molecule has 108 valence electrons. The maximum atomic E-state index is 12.5. The first-order valence-electron chi connectivity index (χ1n) is 6.81. The number of thiophene rings is 1. The van der Waals surface area contributed by atoms with Crippen molar-refractivity contribution >= 4 is 28.0 Å². The van der Waals surface area contributed by atoms with Crippen LogP contribution in [0.5, 0.6) is 5.75 Å². The average Bonchev–Trinajstić information content (AvgIpc) is 3.01. The number of rotatable bonds is 4. The molecule has 0 amide bonds. The van der Waals surface area contributed by atoms with E-state index in [-0.39, 0.29) is 5.78 Å². The summed E-state index contributed by atoms with van der Waals surface area (Å²) in [6, 6.07) is 9.89. The number of nitrogens with zero attached hydrogens (tertiary/aromatic N) is 1. The van der Waals surface area contributed by atoms with Crippen LogP contribution in [0.15, 0.2) is 36.5 Å². The van der Waals surface area contributed by atoms with E-state index in [2.05, 4.69) is 0 Å². The molecule has 0 unspecified atom stereocenters. The second-order valence-electron chi connectivity index (χ2n) is 5.12. The third-order valence-electron chi connectivity index (χ3n) is 3.63. The second-order valence-corrected chi connectivity index (χ2v) is 6.58. The molecule has 0 N–H and O–H groups in total. The van der Waals surface area contributed by atoms with Gasteiger partial charge in [0.25, 0.3) is 0 Å². The van der Waals surface area contributed by atoms with Crippen molar-refractivity contribution in [1.29, 1.82) is 0 Å². The molecule has 0 aliphatic heterocycles. The van der Waals surface area contributed by atoms with Gasteiger partial charge in [-0.05, 0) is 44.2 Å². The zero-order chi connectivity index (χ0) is 15.0. The first-order chi connectivity index (χ1) is 10.1. The highest BCUT2D eigenvalue weighted by molar-refractivity contribution is 7.12. The van der Waals surface area contributed by atoms with Crippen LogP contribution in [0.4, 0.5) is 0 Å². The smallest absolute Gasteiger partial charge is 0.183 e. The third kappa shape index (κ3) is 2.59. The summed E-state index contributed by atoms with van der Waals surface area (Å²) < 4.78 is 7.22. The highest BCUT2D eigenvalue weighted by Gasteiger charge is 2.13. The number of aromatic nitrogens is 1. The van der Waals surface area contributed by atoms with Crippen molar-refractivity contribution in [2.24, 2.45) is 0 Å². The Hall–Kier alpha value is -2.07. The quantitative estimate of drug-likeness (QED) is 0.676. The van der Waals surface area contributed by atoms with E-state index in [1.165, 1.54) is 4.88 Å². The molecule has 0 saturated carbocycles. The number of ketones is 1. The van der Waals surface area contributed by atoms with Crippen LogP contribution >= 0.6 is 11.3 Å². The fourth-order valence-electron chi connectivity index (χ4n) is 2.59. The maximum Gasteiger partial charge on any atom is 0.183 e. The molecule has 2 heterocycles. The first kappa shape index (κ1) is 13.9. The lowest BCUT2D eigenvalue weighted by atomic mass is 10.1. The van der Waals surface area contributed by atoms with E-state index in [0.717, 1.165) is 27.1 Å². The molecule has 0 saturated heterocycles. The lowest BCUT2D eigenvalue weighted by Crippen LogP contribution is -2.09. The Morgan fingerprint density at radius 2 is 2.05 bits per heavy atom. The summed E-state index contributed by atoms with van der Waals surface area (Å²) >= 11 is 1.67. The van der Waals surface area contributed by atoms with Crippen LogP contribution in [0, 0.1) is 13.8 Å². The molecule has 3 rings (SSSR count). The first-order valence-corrected chi connectivity index (χ1v) is 7.63. The van der Waals surface area contributed by atoms with Gasteiger partial charge in [0.2, 0.25) is 0 Å². The van der Waals surface area contributed by atoms with Crippen molar-refractivity contribution < 1.29 is 9.53 Å².